The van der Waals surface area contributed by atoms with Gasteiger partial charge in [-0.1, -0.05) is 6.92 Å². The lowest BCUT2D eigenvalue weighted by molar-refractivity contribution is -0.293. The number of halogens is 5. The summed E-state index contributed by atoms with van der Waals surface area (Å²) in [5.41, 5.74) is 5.20. The number of hydrogen-bond acceptors (Lipinski definition) is 3. The van der Waals surface area contributed by atoms with Crippen molar-refractivity contribution in [2.75, 3.05) is 0 Å². The van der Waals surface area contributed by atoms with Gasteiger partial charge in [-0.3, -0.25) is 0 Å². The zero-order valence-corrected chi connectivity index (χ0v) is 8.93. The Morgan fingerprint density at radius 1 is 1.18 bits per heavy atom. The molecule has 1 aromatic rings. The lowest BCUT2D eigenvalue weighted by Crippen LogP contribution is -2.36. The van der Waals surface area contributed by atoms with Crippen molar-refractivity contribution in [2.24, 2.45) is 5.73 Å². The summed E-state index contributed by atoms with van der Waals surface area (Å²) in [5, 5.41) is 6.15. The Hall–Kier alpha value is -1.25. The molecule has 2 N–H and O–H groups in total. The maximum absolute atomic E-state index is 13.1. The van der Waals surface area contributed by atoms with Crippen LogP contribution < -0.4 is 5.73 Å². The third-order valence-electron chi connectivity index (χ3n) is 2.09. The molecule has 4 nitrogen and oxygen atoms in total. The minimum Gasteiger partial charge on any atom is -0.324 e. The van der Waals surface area contributed by atoms with Gasteiger partial charge in [0.2, 0.25) is 5.82 Å². The van der Waals surface area contributed by atoms with Gasteiger partial charge in [0.25, 0.3) is 0 Å². The summed E-state index contributed by atoms with van der Waals surface area (Å²) >= 11 is 0. The lowest BCUT2D eigenvalue weighted by atomic mass is 10.3. The van der Waals surface area contributed by atoms with E-state index in [-0.39, 0.29) is 18.9 Å². The van der Waals surface area contributed by atoms with E-state index in [2.05, 4.69) is 10.2 Å². The predicted octanol–water partition coefficient (Wildman–Crippen LogP) is 1.80. The molecule has 0 saturated carbocycles. The molecule has 1 heterocycles. The van der Waals surface area contributed by atoms with Crippen LogP contribution in [0.2, 0.25) is 0 Å². The smallest absolute Gasteiger partial charge is 0.324 e. The normalized spacial score (nSPS) is 13.1. The number of nitrogens with two attached hydrogens (primary N) is 1. The monoisotopic (exact) mass is 258 g/mol. The van der Waals surface area contributed by atoms with Crippen LogP contribution in [0.1, 0.15) is 25.0 Å². The van der Waals surface area contributed by atoms with Gasteiger partial charge in [-0.25, -0.2) is 0 Å². The molecule has 98 valence electrons. The molecule has 0 spiro atoms. The molecule has 0 atom stereocenters. The summed E-state index contributed by atoms with van der Waals surface area (Å²) in [5.74, 6) is -6.53. The second-order valence-electron chi connectivity index (χ2n) is 3.37. The van der Waals surface area contributed by atoms with E-state index in [0.29, 0.717) is 11.0 Å². The molecule has 0 bridgehead atoms. The molecule has 17 heavy (non-hydrogen) atoms. The van der Waals surface area contributed by atoms with Crippen LogP contribution in [0.15, 0.2) is 0 Å². The van der Waals surface area contributed by atoms with Gasteiger partial charge in [0.1, 0.15) is 5.82 Å². The van der Waals surface area contributed by atoms with E-state index in [1.54, 1.807) is 6.92 Å². The third-order valence-corrected chi connectivity index (χ3v) is 2.09. The van der Waals surface area contributed by atoms with E-state index in [1.807, 2.05) is 0 Å². The summed E-state index contributed by atoms with van der Waals surface area (Å²) < 4.78 is 63.5. The highest BCUT2D eigenvalue weighted by Gasteiger charge is 2.62. The fourth-order valence-corrected chi connectivity index (χ4v) is 1.30. The highest BCUT2D eigenvalue weighted by atomic mass is 19.4. The first-order chi connectivity index (χ1) is 7.75. The Kier molecular flexibility index (Phi) is 3.70. The number of rotatable bonds is 4. The van der Waals surface area contributed by atoms with Crippen LogP contribution in [-0.4, -0.2) is 20.9 Å². The molecular formula is C8H11F5N4. The largest absolute Gasteiger partial charge is 0.461 e. The summed E-state index contributed by atoms with van der Waals surface area (Å²) in [4.78, 5) is 0. The molecule has 0 aliphatic heterocycles. The van der Waals surface area contributed by atoms with E-state index in [9.17, 15) is 22.0 Å². The van der Waals surface area contributed by atoms with Gasteiger partial charge in [-0.2, -0.15) is 22.0 Å². The topological polar surface area (TPSA) is 56.7 Å². The van der Waals surface area contributed by atoms with Gasteiger partial charge >= 0.3 is 12.1 Å². The van der Waals surface area contributed by atoms with Crippen molar-refractivity contribution in [3.05, 3.63) is 11.6 Å². The van der Waals surface area contributed by atoms with Crippen molar-refractivity contribution in [2.45, 2.75) is 38.5 Å². The average Bonchev–Trinajstić information content (AvgIpc) is 2.60. The molecule has 9 heteroatoms. The Morgan fingerprint density at radius 2 is 1.76 bits per heavy atom. The maximum Gasteiger partial charge on any atom is 0.461 e. The summed E-state index contributed by atoms with van der Waals surface area (Å²) in [7, 11) is 0. The molecule has 1 aromatic heterocycles. The van der Waals surface area contributed by atoms with E-state index in [1.165, 1.54) is 0 Å². The predicted molar refractivity (Wildman–Crippen MR) is 48.2 cm³/mol. The first-order valence-corrected chi connectivity index (χ1v) is 4.82. The maximum atomic E-state index is 13.1. The van der Waals surface area contributed by atoms with Gasteiger partial charge in [0.05, 0.1) is 6.54 Å². The molecule has 0 fully saturated rings. The van der Waals surface area contributed by atoms with Crippen molar-refractivity contribution in [1.82, 2.24) is 14.8 Å². The van der Waals surface area contributed by atoms with Gasteiger partial charge < -0.3 is 10.3 Å². The van der Waals surface area contributed by atoms with E-state index in [4.69, 9.17) is 5.73 Å². The first kappa shape index (κ1) is 13.8. The molecule has 0 aliphatic carbocycles. The SMILES string of the molecule is CCCn1c(CN)nnc1C(F)(F)C(F)(F)F. The zero-order chi connectivity index (χ0) is 13.3. The fourth-order valence-electron chi connectivity index (χ4n) is 1.30. The van der Waals surface area contributed by atoms with Crippen LogP contribution in [0.5, 0.6) is 0 Å². The second kappa shape index (κ2) is 4.55. The minimum absolute atomic E-state index is 0.0411. The van der Waals surface area contributed by atoms with E-state index >= 15 is 0 Å². The van der Waals surface area contributed by atoms with Crippen LogP contribution in [0.25, 0.3) is 0 Å². The lowest BCUT2D eigenvalue weighted by Gasteiger charge is -2.19. The number of aromatic nitrogens is 3. The van der Waals surface area contributed by atoms with Gasteiger partial charge in [0, 0.05) is 6.54 Å². The summed E-state index contributed by atoms with van der Waals surface area (Å²) in [6.07, 6.45) is -5.33. The van der Waals surface area contributed by atoms with Crippen LogP contribution in [0.3, 0.4) is 0 Å². The van der Waals surface area contributed by atoms with Crippen LogP contribution in [-0.2, 0) is 19.0 Å². The Bertz CT molecular complexity index is 384. The molecule has 0 aromatic carbocycles. The highest BCUT2D eigenvalue weighted by molar-refractivity contribution is 5.05. The van der Waals surface area contributed by atoms with Gasteiger partial charge in [-0.05, 0) is 6.42 Å². The molecule has 0 radical (unpaired) electrons. The Labute approximate surface area is 93.6 Å². The summed E-state index contributed by atoms with van der Waals surface area (Å²) in [6, 6.07) is 0. The summed E-state index contributed by atoms with van der Waals surface area (Å²) in [6.45, 7) is 1.34. The van der Waals surface area contributed by atoms with Crippen molar-refractivity contribution in [3.63, 3.8) is 0 Å². The van der Waals surface area contributed by atoms with Crippen LogP contribution >= 0.6 is 0 Å². The van der Waals surface area contributed by atoms with E-state index < -0.39 is 17.9 Å². The minimum atomic E-state index is -5.70. The zero-order valence-electron chi connectivity index (χ0n) is 8.93. The van der Waals surface area contributed by atoms with Gasteiger partial charge in [-0.15, -0.1) is 10.2 Å². The molecule has 0 aliphatic rings. The van der Waals surface area contributed by atoms with Crippen molar-refractivity contribution >= 4 is 0 Å². The van der Waals surface area contributed by atoms with Crippen LogP contribution in [0.4, 0.5) is 22.0 Å². The molecule has 0 saturated heterocycles. The van der Waals surface area contributed by atoms with Gasteiger partial charge in [0.15, 0.2) is 0 Å². The average molecular weight is 258 g/mol. The fraction of sp³-hybridized carbons (Fsp3) is 0.750. The Balaban J connectivity index is 3.26. The van der Waals surface area contributed by atoms with Crippen LogP contribution in [0, 0.1) is 0 Å². The third kappa shape index (κ3) is 2.38. The highest BCUT2D eigenvalue weighted by Crippen LogP contribution is 2.43. The Morgan fingerprint density at radius 3 is 2.18 bits per heavy atom. The number of nitrogens with zero attached hydrogens (tertiary/aromatic N) is 3. The molecule has 0 unspecified atom stereocenters. The second-order valence-corrected chi connectivity index (χ2v) is 3.37. The quantitative estimate of drug-likeness (QED) is 0.838. The first-order valence-electron chi connectivity index (χ1n) is 4.82. The molecule has 1 rings (SSSR count). The van der Waals surface area contributed by atoms with E-state index in [0.717, 1.165) is 0 Å². The molecular weight excluding hydrogens is 247 g/mol. The van der Waals surface area contributed by atoms with Crippen molar-refractivity contribution in [3.8, 4) is 0 Å². The number of alkyl halides is 5. The van der Waals surface area contributed by atoms with Crippen molar-refractivity contribution in [1.29, 1.82) is 0 Å². The van der Waals surface area contributed by atoms with Crippen molar-refractivity contribution < 1.29 is 22.0 Å². The number of hydrogen-bond donors (Lipinski definition) is 1. The standard InChI is InChI=1S/C8H11F5N4/c1-2-3-17-5(4-14)15-16-6(17)7(9,10)8(11,12)13/h2-4,14H2,1H3. The molecule has 0 amide bonds.